The molecule has 1 fully saturated rings. The van der Waals surface area contributed by atoms with E-state index in [1.54, 1.807) is 42.5 Å². The van der Waals surface area contributed by atoms with E-state index in [-0.39, 0.29) is 38.8 Å². The summed E-state index contributed by atoms with van der Waals surface area (Å²) in [6, 6.07) is 20.9. The van der Waals surface area contributed by atoms with Crippen molar-refractivity contribution in [2.45, 2.75) is 57.3 Å². The topological polar surface area (TPSA) is 97.2 Å². The molecule has 1 saturated carbocycles. The van der Waals surface area contributed by atoms with Crippen LogP contribution in [0.4, 0.5) is 18.0 Å². The van der Waals surface area contributed by atoms with Crippen molar-refractivity contribution in [3.05, 3.63) is 100 Å². The number of carbonyl (C=O) groups is 1. The summed E-state index contributed by atoms with van der Waals surface area (Å²) in [6.45, 7) is 5.42. The maximum Gasteiger partial charge on any atom is 0.435 e. The number of benzene rings is 3. The fourth-order valence-corrected chi connectivity index (χ4v) is 5.67. The van der Waals surface area contributed by atoms with Gasteiger partial charge in [-0.15, -0.1) is 0 Å². The van der Waals surface area contributed by atoms with Crippen molar-refractivity contribution in [1.82, 2.24) is 15.5 Å². The van der Waals surface area contributed by atoms with Crippen molar-refractivity contribution in [2.75, 3.05) is 0 Å². The first-order valence-corrected chi connectivity index (χ1v) is 14.2. The zero-order valence-electron chi connectivity index (χ0n) is 24.3. The molecular weight excluding hydrogens is 571 g/mol. The Labute approximate surface area is 251 Å². The Balaban J connectivity index is 1.48. The van der Waals surface area contributed by atoms with Crippen molar-refractivity contribution in [2.24, 2.45) is 0 Å². The first-order valence-electron chi connectivity index (χ1n) is 14.2. The number of H-pyrrole nitrogens is 1. The summed E-state index contributed by atoms with van der Waals surface area (Å²) in [5, 5.41) is 8.88. The number of fused-ring (bicyclic) bond motifs is 1. The minimum absolute atomic E-state index is 0.0265. The molecule has 1 aliphatic carbocycles. The summed E-state index contributed by atoms with van der Waals surface area (Å²) >= 11 is 0. The molecule has 0 unspecified atom stereocenters. The van der Waals surface area contributed by atoms with Gasteiger partial charge in [0.05, 0.1) is 16.5 Å². The van der Waals surface area contributed by atoms with Gasteiger partial charge in [0.2, 0.25) is 5.43 Å². The standard InChI is InChI=1S/C34H30F3N3O4/c1-32(2,3)44-31(42)39-33(17-8-18-33)22-15-13-20(14-16-22)26-27(41)24-12-7-11-23(25-19-38-40-30(25)34(35,36)37)29(24)43-28(26)21-9-5-4-6-10-21/h4-7,9-16,19H,8,17-18H2,1-3H3,(H,38,40)(H,39,42). The lowest BCUT2D eigenvalue weighted by atomic mass is 9.71. The van der Waals surface area contributed by atoms with Gasteiger partial charge in [0.15, 0.2) is 5.69 Å². The number of carbonyl (C=O) groups excluding carboxylic acids is 1. The van der Waals surface area contributed by atoms with Gasteiger partial charge in [-0.3, -0.25) is 9.89 Å². The average molecular weight is 602 g/mol. The second-order valence-electron chi connectivity index (χ2n) is 12.0. The highest BCUT2D eigenvalue weighted by atomic mass is 19.4. The molecule has 1 amide bonds. The molecule has 2 aromatic heterocycles. The molecule has 0 spiro atoms. The zero-order chi connectivity index (χ0) is 31.3. The molecule has 0 saturated heterocycles. The minimum Gasteiger partial charge on any atom is -0.454 e. The third kappa shape index (κ3) is 5.36. The molecule has 6 rings (SSSR count). The Morgan fingerprint density at radius 3 is 2.25 bits per heavy atom. The number of hydrogen-bond acceptors (Lipinski definition) is 5. The van der Waals surface area contributed by atoms with Gasteiger partial charge in [0.1, 0.15) is 16.9 Å². The van der Waals surface area contributed by atoms with Gasteiger partial charge in [-0.2, -0.15) is 18.3 Å². The number of nitrogens with zero attached hydrogens (tertiary/aromatic N) is 1. The highest BCUT2D eigenvalue weighted by Crippen LogP contribution is 2.43. The van der Waals surface area contributed by atoms with Crippen molar-refractivity contribution in [3.63, 3.8) is 0 Å². The molecule has 0 bridgehead atoms. The molecule has 3 aromatic carbocycles. The lowest BCUT2D eigenvalue weighted by Crippen LogP contribution is -2.52. The van der Waals surface area contributed by atoms with Crippen LogP contribution >= 0.6 is 0 Å². The fraction of sp³-hybridized carbons (Fsp3) is 0.265. The molecule has 7 nitrogen and oxygen atoms in total. The van der Waals surface area contributed by atoms with Crippen molar-refractivity contribution >= 4 is 17.1 Å². The number of amides is 1. The van der Waals surface area contributed by atoms with Crippen LogP contribution in [-0.4, -0.2) is 21.9 Å². The largest absolute Gasteiger partial charge is 0.454 e. The lowest BCUT2D eigenvalue weighted by Gasteiger charge is -2.43. The molecule has 5 aromatic rings. The summed E-state index contributed by atoms with van der Waals surface area (Å²) in [7, 11) is 0. The molecule has 0 radical (unpaired) electrons. The lowest BCUT2D eigenvalue weighted by molar-refractivity contribution is -0.140. The SMILES string of the molecule is CC(C)(C)OC(=O)NC1(c2ccc(-c3c(-c4ccccc4)oc4c(-c5c[nH]nc5C(F)(F)F)cccc4c3=O)cc2)CCC1. The monoisotopic (exact) mass is 601 g/mol. The van der Waals surface area contributed by atoms with Crippen LogP contribution in [0.15, 0.2) is 88.2 Å². The van der Waals surface area contributed by atoms with Crippen LogP contribution in [0.1, 0.15) is 51.3 Å². The quantitative estimate of drug-likeness (QED) is 0.211. The van der Waals surface area contributed by atoms with Gasteiger partial charge in [0.25, 0.3) is 0 Å². The molecule has 44 heavy (non-hydrogen) atoms. The predicted molar refractivity (Wildman–Crippen MR) is 161 cm³/mol. The van der Waals surface area contributed by atoms with Crippen LogP contribution in [0, 0.1) is 0 Å². The smallest absolute Gasteiger partial charge is 0.435 e. The number of para-hydroxylation sites is 1. The first kappa shape index (κ1) is 29.2. The van der Waals surface area contributed by atoms with Crippen molar-refractivity contribution in [1.29, 1.82) is 0 Å². The number of halogens is 3. The second kappa shape index (κ2) is 10.7. The highest BCUT2D eigenvalue weighted by Gasteiger charge is 2.41. The summed E-state index contributed by atoms with van der Waals surface area (Å²) in [5.41, 5.74) is -0.477. The highest BCUT2D eigenvalue weighted by molar-refractivity contribution is 5.97. The molecular formula is C34H30F3N3O4. The van der Waals surface area contributed by atoms with E-state index in [1.165, 1.54) is 12.1 Å². The summed E-state index contributed by atoms with van der Waals surface area (Å²) < 4.78 is 53.2. The van der Waals surface area contributed by atoms with Gasteiger partial charge < -0.3 is 14.5 Å². The Bertz CT molecular complexity index is 1900. The number of alkyl carbamates (subject to hydrolysis) is 1. The van der Waals surface area contributed by atoms with E-state index >= 15 is 0 Å². The van der Waals surface area contributed by atoms with Gasteiger partial charge in [-0.05, 0) is 57.2 Å². The molecule has 2 heterocycles. The van der Waals surface area contributed by atoms with E-state index in [4.69, 9.17) is 9.15 Å². The van der Waals surface area contributed by atoms with E-state index in [2.05, 4.69) is 15.5 Å². The summed E-state index contributed by atoms with van der Waals surface area (Å²) in [4.78, 5) is 26.8. The van der Waals surface area contributed by atoms with E-state index in [0.717, 1.165) is 31.0 Å². The predicted octanol–water partition coefficient (Wildman–Crippen LogP) is 8.44. The summed E-state index contributed by atoms with van der Waals surface area (Å²) in [5.74, 6) is 0.227. The molecule has 10 heteroatoms. The third-order valence-electron chi connectivity index (χ3n) is 7.83. The van der Waals surface area contributed by atoms with Crippen LogP contribution in [0.3, 0.4) is 0 Å². The molecule has 1 aliphatic rings. The zero-order valence-corrected chi connectivity index (χ0v) is 24.3. The average Bonchev–Trinajstić information content (AvgIpc) is 3.45. The Hall–Kier alpha value is -4.86. The Morgan fingerprint density at radius 1 is 0.932 bits per heavy atom. The maximum absolute atomic E-state index is 14.2. The van der Waals surface area contributed by atoms with E-state index in [9.17, 15) is 22.8 Å². The van der Waals surface area contributed by atoms with Gasteiger partial charge in [0, 0.05) is 22.9 Å². The number of aromatic amines is 1. The number of ether oxygens (including phenoxy) is 1. The van der Waals surface area contributed by atoms with Crippen molar-refractivity contribution < 1.29 is 27.1 Å². The molecule has 0 aliphatic heterocycles. The second-order valence-corrected chi connectivity index (χ2v) is 12.0. The van der Waals surface area contributed by atoms with E-state index < -0.39 is 29.1 Å². The summed E-state index contributed by atoms with van der Waals surface area (Å²) in [6.07, 6.45) is -1.62. The fourth-order valence-electron chi connectivity index (χ4n) is 5.67. The van der Waals surface area contributed by atoms with Crippen LogP contribution < -0.4 is 10.7 Å². The normalized spacial score (nSPS) is 14.7. The Kier molecular flexibility index (Phi) is 7.10. The minimum atomic E-state index is -4.71. The van der Waals surface area contributed by atoms with Gasteiger partial charge >= 0.3 is 12.3 Å². The van der Waals surface area contributed by atoms with Crippen LogP contribution in [0.25, 0.3) is 44.5 Å². The first-order chi connectivity index (χ1) is 20.9. The molecule has 226 valence electrons. The van der Waals surface area contributed by atoms with Crippen LogP contribution in [0.5, 0.6) is 0 Å². The number of alkyl halides is 3. The number of nitrogens with one attached hydrogen (secondary N) is 2. The number of rotatable bonds is 5. The van der Waals surface area contributed by atoms with Crippen LogP contribution in [-0.2, 0) is 16.5 Å². The van der Waals surface area contributed by atoms with E-state index in [0.29, 0.717) is 11.1 Å². The third-order valence-corrected chi connectivity index (χ3v) is 7.83. The van der Waals surface area contributed by atoms with Gasteiger partial charge in [-0.25, -0.2) is 4.79 Å². The number of aromatic nitrogens is 2. The number of hydrogen-bond donors (Lipinski definition) is 2. The maximum atomic E-state index is 14.2. The van der Waals surface area contributed by atoms with Crippen LogP contribution in [0.2, 0.25) is 0 Å². The Morgan fingerprint density at radius 2 is 1.64 bits per heavy atom. The van der Waals surface area contributed by atoms with Crippen molar-refractivity contribution in [3.8, 4) is 33.6 Å². The van der Waals surface area contributed by atoms with Gasteiger partial charge in [-0.1, -0.05) is 66.7 Å². The van der Waals surface area contributed by atoms with E-state index in [1.807, 2.05) is 39.0 Å². The molecule has 0 atom stereocenters. The molecule has 2 N–H and O–H groups in total.